The first-order valence-corrected chi connectivity index (χ1v) is 9.20. The Kier molecular flexibility index (Phi) is 4.31. The van der Waals surface area contributed by atoms with Crippen LogP contribution in [0.25, 0.3) is 0 Å². The maximum atomic E-state index is 12.9. The van der Waals surface area contributed by atoms with E-state index in [1.54, 1.807) is 12.1 Å². The number of benzene rings is 1. The molecule has 1 spiro atoms. The molecule has 136 valence electrons. The molecule has 0 bridgehead atoms. The van der Waals surface area contributed by atoms with Crippen LogP contribution in [-0.4, -0.2) is 25.5 Å². The highest BCUT2D eigenvalue weighted by Gasteiger charge is 2.53. The lowest BCUT2D eigenvalue weighted by atomic mass is 9.79. The lowest BCUT2D eigenvalue weighted by Crippen LogP contribution is -2.36. The van der Waals surface area contributed by atoms with Crippen molar-refractivity contribution in [2.75, 3.05) is 18.6 Å². The van der Waals surface area contributed by atoms with Crippen LogP contribution in [-0.2, 0) is 14.9 Å². The molecule has 2 aromatic rings. The summed E-state index contributed by atoms with van der Waals surface area (Å²) in [4.78, 5) is 26.5. The Bertz CT molecular complexity index is 813. The van der Waals surface area contributed by atoms with Gasteiger partial charge >= 0.3 is 5.97 Å². The van der Waals surface area contributed by atoms with Gasteiger partial charge in [0.1, 0.15) is 0 Å². The van der Waals surface area contributed by atoms with Gasteiger partial charge in [-0.15, -0.1) is 0 Å². The van der Waals surface area contributed by atoms with Gasteiger partial charge in [-0.1, -0.05) is 18.2 Å². The third-order valence-corrected chi connectivity index (χ3v) is 5.82. The van der Waals surface area contributed by atoms with E-state index in [-0.39, 0.29) is 17.1 Å². The van der Waals surface area contributed by atoms with Gasteiger partial charge in [0.25, 0.3) is 0 Å². The third kappa shape index (κ3) is 2.71. The number of ether oxygens (including phenoxy) is 1. The Hall–Kier alpha value is -2.56. The SMILES string of the molecule is CN1C(=O)[C@@]2(CC[C@@H](CCCOC(=O)c3ccco3)C2)c2ccccc21. The number of para-hydroxylation sites is 1. The van der Waals surface area contributed by atoms with Crippen LogP contribution in [0, 0.1) is 5.92 Å². The molecule has 1 aliphatic carbocycles. The molecular formula is C21H23NO4. The lowest BCUT2D eigenvalue weighted by Gasteiger charge is -2.23. The summed E-state index contributed by atoms with van der Waals surface area (Å²) >= 11 is 0. The van der Waals surface area contributed by atoms with Gasteiger partial charge in [-0.25, -0.2) is 4.79 Å². The number of hydrogen-bond acceptors (Lipinski definition) is 4. The van der Waals surface area contributed by atoms with Crippen LogP contribution in [0.3, 0.4) is 0 Å². The summed E-state index contributed by atoms with van der Waals surface area (Å²) in [5, 5.41) is 0. The number of furan rings is 1. The van der Waals surface area contributed by atoms with E-state index < -0.39 is 5.97 Å². The molecule has 0 radical (unpaired) electrons. The van der Waals surface area contributed by atoms with Crippen molar-refractivity contribution in [2.24, 2.45) is 5.92 Å². The van der Waals surface area contributed by atoms with Gasteiger partial charge in [0.2, 0.25) is 11.7 Å². The fourth-order valence-electron chi connectivity index (χ4n) is 4.55. The predicted octanol–water partition coefficient (Wildman–Crippen LogP) is 3.93. The molecule has 2 atom stereocenters. The average Bonchev–Trinajstić information content (AvgIpc) is 3.38. The summed E-state index contributed by atoms with van der Waals surface area (Å²) in [6.07, 6.45) is 6.07. The number of rotatable bonds is 5. The van der Waals surface area contributed by atoms with Gasteiger partial charge in [0.05, 0.1) is 18.3 Å². The number of likely N-dealkylation sites (N-methyl/N-ethyl adjacent to an activating group) is 1. The van der Waals surface area contributed by atoms with E-state index in [9.17, 15) is 9.59 Å². The van der Waals surface area contributed by atoms with E-state index in [2.05, 4.69) is 6.07 Å². The second kappa shape index (κ2) is 6.63. The van der Waals surface area contributed by atoms with Crippen LogP contribution in [0.1, 0.15) is 48.2 Å². The predicted molar refractivity (Wildman–Crippen MR) is 97.1 cm³/mol. The lowest BCUT2D eigenvalue weighted by molar-refractivity contribution is -0.122. The molecule has 1 aliphatic heterocycles. The minimum absolute atomic E-state index is 0.227. The number of hydrogen-bond donors (Lipinski definition) is 0. The molecule has 5 heteroatoms. The smallest absolute Gasteiger partial charge is 0.374 e. The molecule has 0 saturated heterocycles. The van der Waals surface area contributed by atoms with Gasteiger partial charge < -0.3 is 14.1 Å². The van der Waals surface area contributed by atoms with Crippen LogP contribution >= 0.6 is 0 Å². The van der Waals surface area contributed by atoms with Crippen LogP contribution < -0.4 is 4.90 Å². The first kappa shape index (κ1) is 16.9. The number of esters is 1. The van der Waals surface area contributed by atoms with Gasteiger partial charge in [-0.05, 0) is 61.8 Å². The van der Waals surface area contributed by atoms with Crippen molar-refractivity contribution in [3.63, 3.8) is 0 Å². The third-order valence-electron chi connectivity index (χ3n) is 5.82. The normalized spacial score (nSPS) is 24.3. The van der Waals surface area contributed by atoms with Gasteiger partial charge in [-0.3, -0.25) is 4.79 Å². The molecular weight excluding hydrogens is 330 g/mol. The second-order valence-corrected chi connectivity index (χ2v) is 7.33. The molecule has 4 rings (SSSR count). The molecule has 0 N–H and O–H groups in total. The van der Waals surface area contributed by atoms with E-state index >= 15 is 0 Å². The van der Waals surface area contributed by atoms with Crippen molar-refractivity contribution in [1.82, 2.24) is 0 Å². The summed E-state index contributed by atoms with van der Waals surface area (Å²) in [6, 6.07) is 11.4. The number of amides is 1. The molecule has 5 nitrogen and oxygen atoms in total. The molecule has 0 unspecified atom stereocenters. The zero-order chi connectivity index (χ0) is 18.1. The van der Waals surface area contributed by atoms with Crippen LogP contribution in [0.15, 0.2) is 47.1 Å². The van der Waals surface area contributed by atoms with E-state index in [1.165, 1.54) is 11.8 Å². The van der Waals surface area contributed by atoms with Crippen molar-refractivity contribution >= 4 is 17.6 Å². The van der Waals surface area contributed by atoms with Crippen LogP contribution in [0.4, 0.5) is 5.69 Å². The minimum Gasteiger partial charge on any atom is -0.460 e. The van der Waals surface area contributed by atoms with Gasteiger partial charge in [-0.2, -0.15) is 0 Å². The van der Waals surface area contributed by atoms with E-state index in [0.29, 0.717) is 12.5 Å². The topological polar surface area (TPSA) is 59.8 Å². The standard InChI is InChI=1S/C21H23NO4/c1-22-17-8-3-2-7-16(17)21(20(22)24)11-10-15(14-21)6-4-13-26-19(23)18-9-5-12-25-18/h2-3,5,7-9,12,15H,4,6,10-11,13-14H2,1H3/t15-,21-/m1/s1. The molecule has 1 aromatic carbocycles. The number of nitrogens with zero attached hydrogens (tertiary/aromatic N) is 1. The number of fused-ring (bicyclic) bond motifs is 2. The Labute approximate surface area is 152 Å². The van der Waals surface area contributed by atoms with Gasteiger partial charge in [0, 0.05) is 12.7 Å². The molecule has 2 heterocycles. The molecule has 1 fully saturated rings. The maximum absolute atomic E-state index is 12.9. The minimum atomic E-state index is -0.417. The quantitative estimate of drug-likeness (QED) is 0.604. The highest BCUT2D eigenvalue weighted by atomic mass is 16.5. The summed E-state index contributed by atoms with van der Waals surface area (Å²) in [7, 11) is 1.87. The van der Waals surface area contributed by atoms with Gasteiger partial charge in [0.15, 0.2) is 0 Å². The van der Waals surface area contributed by atoms with Crippen molar-refractivity contribution in [2.45, 2.75) is 37.5 Å². The second-order valence-electron chi connectivity index (χ2n) is 7.33. The maximum Gasteiger partial charge on any atom is 0.374 e. The van der Waals surface area contributed by atoms with Crippen molar-refractivity contribution in [3.8, 4) is 0 Å². The molecule has 1 aromatic heterocycles. The van der Waals surface area contributed by atoms with Crippen LogP contribution in [0.2, 0.25) is 0 Å². The number of anilines is 1. The average molecular weight is 353 g/mol. The Balaban J connectivity index is 1.33. The number of carbonyl (C=O) groups excluding carboxylic acids is 2. The monoisotopic (exact) mass is 353 g/mol. The van der Waals surface area contributed by atoms with E-state index in [1.807, 2.05) is 30.1 Å². The van der Waals surface area contributed by atoms with Crippen molar-refractivity contribution < 1.29 is 18.7 Å². The summed E-state index contributed by atoms with van der Waals surface area (Å²) in [6.45, 7) is 0.382. The van der Waals surface area contributed by atoms with Crippen molar-refractivity contribution in [3.05, 3.63) is 54.0 Å². The zero-order valence-electron chi connectivity index (χ0n) is 14.9. The fraction of sp³-hybridized carbons (Fsp3) is 0.429. The van der Waals surface area contributed by atoms with E-state index in [0.717, 1.165) is 37.8 Å². The van der Waals surface area contributed by atoms with E-state index in [4.69, 9.17) is 9.15 Å². The summed E-state index contributed by atoms with van der Waals surface area (Å²) in [5.41, 5.74) is 1.88. The highest BCUT2D eigenvalue weighted by Crippen LogP contribution is 2.53. The van der Waals surface area contributed by atoms with Crippen molar-refractivity contribution in [1.29, 1.82) is 0 Å². The zero-order valence-corrected chi connectivity index (χ0v) is 14.9. The number of carbonyl (C=O) groups is 2. The molecule has 26 heavy (non-hydrogen) atoms. The Morgan fingerprint density at radius 3 is 2.96 bits per heavy atom. The first-order chi connectivity index (χ1) is 12.6. The first-order valence-electron chi connectivity index (χ1n) is 9.20. The molecule has 2 aliphatic rings. The van der Waals surface area contributed by atoms with Crippen LogP contribution in [0.5, 0.6) is 0 Å². The summed E-state index contributed by atoms with van der Waals surface area (Å²) in [5.74, 6) is 0.534. The Morgan fingerprint density at radius 1 is 1.31 bits per heavy atom. The summed E-state index contributed by atoms with van der Waals surface area (Å²) < 4.78 is 10.3. The molecule has 1 saturated carbocycles. The highest BCUT2D eigenvalue weighted by molar-refractivity contribution is 6.07. The molecule has 1 amide bonds. The largest absolute Gasteiger partial charge is 0.460 e. The fourth-order valence-corrected chi connectivity index (χ4v) is 4.55. The Morgan fingerprint density at radius 2 is 2.15 bits per heavy atom.